The Morgan fingerprint density at radius 1 is 1.50 bits per heavy atom. The van der Waals surface area contributed by atoms with Crippen LogP contribution in [0.2, 0.25) is 0 Å². The van der Waals surface area contributed by atoms with Gasteiger partial charge in [0.2, 0.25) is 10.0 Å². The molecule has 0 fully saturated rings. The molecular formula is C13H16BrNO2S. The highest BCUT2D eigenvalue weighted by molar-refractivity contribution is 9.10. The second-order valence-electron chi connectivity index (χ2n) is 4.05. The van der Waals surface area contributed by atoms with Crippen molar-refractivity contribution in [3.63, 3.8) is 0 Å². The van der Waals surface area contributed by atoms with Crippen molar-refractivity contribution in [2.75, 3.05) is 0 Å². The highest BCUT2D eigenvalue weighted by Crippen LogP contribution is 2.20. The molecule has 3 nitrogen and oxygen atoms in total. The Balaban J connectivity index is 2.99. The lowest BCUT2D eigenvalue weighted by Crippen LogP contribution is -2.34. The van der Waals surface area contributed by atoms with Crippen LogP contribution in [0, 0.1) is 19.3 Å². The minimum absolute atomic E-state index is 0.219. The van der Waals surface area contributed by atoms with Crippen LogP contribution < -0.4 is 4.72 Å². The van der Waals surface area contributed by atoms with Crippen LogP contribution >= 0.6 is 15.9 Å². The van der Waals surface area contributed by atoms with E-state index >= 15 is 0 Å². The fourth-order valence-electron chi connectivity index (χ4n) is 1.48. The third-order valence-corrected chi connectivity index (χ3v) is 5.03. The molecule has 1 unspecified atom stereocenters. The Labute approximate surface area is 117 Å². The summed E-state index contributed by atoms with van der Waals surface area (Å²) in [5, 5.41) is 0. The molecule has 0 aliphatic carbocycles. The van der Waals surface area contributed by atoms with E-state index in [1.54, 1.807) is 18.2 Å². The predicted octanol–water partition coefficient (Wildman–Crippen LogP) is 2.84. The second kappa shape index (κ2) is 6.37. The zero-order valence-electron chi connectivity index (χ0n) is 10.4. The van der Waals surface area contributed by atoms with Crippen LogP contribution in [0.15, 0.2) is 27.6 Å². The number of aryl methyl sites for hydroxylation is 1. The van der Waals surface area contributed by atoms with Gasteiger partial charge in [0.05, 0.1) is 4.90 Å². The fourth-order valence-corrected chi connectivity index (χ4v) is 3.13. The van der Waals surface area contributed by atoms with Gasteiger partial charge in [-0.2, -0.15) is 0 Å². The van der Waals surface area contributed by atoms with Crippen molar-refractivity contribution < 1.29 is 8.42 Å². The monoisotopic (exact) mass is 329 g/mol. The van der Waals surface area contributed by atoms with Crippen LogP contribution in [-0.4, -0.2) is 14.5 Å². The highest BCUT2D eigenvalue weighted by atomic mass is 79.9. The predicted molar refractivity (Wildman–Crippen MR) is 76.7 cm³/mol. The van der Waals surface area contributed by atoms with Crippen LogP contribution in [0.4, 0.5) is 0 Å². The molecule has 0 aromatic heterocycles. The number of nitrogens with one attached hydrogen (secondary N) is 1. The Bertz CT molecular complexity index is 561. The van der Waals surface area contributed by atoms with Crippen molar-refractivity contribution in [2.24, 2.45) is 0 Å². The summed E-state index contributed by atoms with van der Waals surface area (Å²) in [7, 11) is -3.50. The smallest absolute Gasteiger partial charge is 0.207 e. The summed E-state index contributed by atoms with van der Waals surface area (Å²) in [6.45, 7) is 3.75. The molecule has 1 aromatic rings. The van der Waals surface area contributed by atoms with Crippen LogP contribution in [0.5, 0.6) is 0 Å². The molecule has 0 aliphatic heterocycles. The quantitative estimate of drug-likeness (QED) is 0.844. The fraction of sp³-hybridized carbons (Fsp3) is 0.385. The number of sulfonamides is 1. The zero-order chi connectivity index (χ0) is 13.8. The summed E-state index contributed by atoms with van der Waals surface area (Å²) < 4.78 is 27.8. The lowest BCUT2D eigenvalue weighted by Gasteiger charge is -2.15. The molecule has 0 aliphatic rings. The van der Waals surface area contributed by atoms with Crippen molar-refractivity contribution >= 4 is 26.0 Å². The van der Waals surface area contributed by atoms with Gasteiger partial charge in [0.15, 0.2) is 0 Å². The van der Waals surface area contributed by atoms with E-state index in [4.69, 9.17) is 6.42 Å². The van der Waals surface area contributed by atoms with Gasteiger partial charge in [-0.05, 0) is 37.1 Å². The van der Waals surface area contributed by atoms with Crippen molar-refractivity contribution in [1.82, 2.24) is 4.72 Å². The van der Waals surface area contributed by atoms with Crippen molar-refractivity contribution in [2.45, 2.75) is 37.6 Å². The Morgan fingerprint density at radius 2 is 2.17 bits per heavy atom. The van der Waals surface area contributed by atoms with Crippen LogP contribution in [0.3, 0.4) is 0 Å². The van der Waals surface area contributed by atoms with Gasteiger partial charge >= 0.3 is 0 Å². The topological polar surface area (TPSA) is 46.2 Å². The molecule has 0 bridgehead atoms. The number of hydrogen-bond donors (Lipinski definition) is 1. The zero-order valence-corrected chi connectivity index (χ0v) is 12.8. The largest absolute Gasteiger partial charge is 0.240 e. The number of terminal acetylenes is 1. The normalized spacial score (nSPS) is 13.0. The first-order valence-electron chi connectivity index (χ1n) is 5.62. The lowest BCUT2D eigenvalue weighted by molar-refractivity contribution is 0.544. The summed E-state index contributed by atoms with van der Waals surface area (Å²) in [6.07, 6.45) is 6.28. The number of halogens is 1. The van der Waals surface area contributed by atoms with Gasteiger partial charge in [0.1, 0.15) is 0 Å². The average Bonchev–Trinajstić information content (AvgIpc) is 2.31. The Hall–Kier alpha value is -0.830. The first-order chi connectivity index (χ1) is 8.40. The van der Waals surface area contributed by atoms with E-state index in [1.165, 1.54) is 0 Å². The molecule has 0 spiro atoms. The van der Waals surface area contributed by atoms with Gasteiger partial charge in [-0.3, -0.25) is 0 Å². The Kier molecular flexibility index (Phi) is 5.39. The number of hydrogen-bond acceptors (Lipinski definition) is 2. The van der Waals surface area contributed by atoms with E-state index in [2.05, 4.69) is 26.6 Å². The molecule has 0 saturated carbocycles. The Morgan fingerprint density at radius 3 is 2.67 bits per heavy atom. The summed E-state index contributed by atoms with van der Waals surface area (Å²) >= 11 is 3.34. The van der Waals surface area contributed by atoms with Gasteiger partial charge < -0.3 is 0 Å². The molecule has 1 N–H and O–H groups in total. The molecule has 0 radical (unpaired) electrons. The van der Waals surface area contributed by atoms with Gasteiger partial charge in [-0.1, -0.05) is 22.9 Å². The molecule has 1 aromatic carbocycles. The highest BCUT2D eigenvalue weighted by Gasteiger charge is 2.18. The van der Waals surface area contributed by atoms with E-state index in [0.29, 0.717) is 12.8 Å². The van der Waals surface area contributed by atoms with Crippen LogP contribution in [0.1, 0.15) is 25.3 Å². The van der Waals surface area contributed by atoms with Gasteiger partial charge in [-0.25, -0.2) is 13.1 Å². The molecule has 0 amide bonds. The van der Waals surface area contributed by atoms with Crippen LogP contribution in [0.25, 0.3) is 0 Å². The van der Waals surface area contributed by atoms with E-state index in [-0.39, 0.29) is 10.9 Å². The summed E-state index contributed by atoms with van der Waals surface area (Å²) in [4.78, 5) is 0.263. The maximum atomic E-state index is 12.1. The third kappa shape index (κ3) is 3.84. The maximum absolute atomic E-state index is 12.1. The maximum Gasteiger partial charge on any atom is 0.240 e. The molecule has 1 atom stereocenters. The summed E-state index contributed by atoms with van der Waals surface area (Å²) in [6, 6.07) is 4.72. The first kappa shape index (κ1) is 15.2. The molecule has 0 heterocycles. The van der Waals surface area contributed by atoms with Gasteiger partial charge in [-0.15, -0.1) is 12.3 Å². The summed E-state index contributed by atoms with van der Waals surface area (Å²) in [5.74, 6) is 2.48. The molecular weight excluding hydrogens is 314 g/mol. The lowest BCUT2D eigenvalue weighted by atomic mass is 10.2. The van der Waals surface area contributed by atoms with E-state index in [9.17, 15) is 8.42 Å². The third-order valence-electron chi connectivity index (χ3n) is 2.62. The minimum atomic E-state index is -3.50. The first-order valence-corrected chi connectivity index (χ1v) is 7.90. The van der Waals surface area contributed by atoms with Gasteiger partial charge in [0, 0.05) is 16.9 Å². The molecule has 18 heavy (non-hydrogen) atoms. The minimum Gasteiger partial charge on any atom is -0.207 e. The molecule has 98 valence electrons. The van der Waals surface area contributed by atoms with Crippen molar-refractivity contribution in [3.8, 4) is 12.3 Å². The van der Waals surface area contributed by atoms with E-state index < -0.39 is 10.0 Å². The number of benzene rings is 1. The van der Waals surface area contributed by atoms with Crippen LogP contribution in [-0.2, 0) is 10.0 Å². The number of rotatable bonds is 5. The molecule has 1 rings (SSSR count). The van der Waals surface area contributed by atoms with E-state index in [0.717, 1.165) is 10.0 Å². The van der Waals surface area contributed by atoms with E-state index in [1.807, 2.05) is 13.8 Å². The molecule has 5 heteroatoms. The SMILES string of the molecule is C#CCC(CC)NS(=O)(=O)c1ccc(Br)c(C)c1. The van der Waals surface area contributed by atoms with Gasteiger partial charge in [0.25, 0.3) is 0 Å². The summed E-state index contributed by atoms with van der Waals surface area (Å²) in [5.41, 5.74) is 0.878. The standard InChI is InChI=1S/C13H16BrNO2S/c1-4-6-11(5-2)15-18(16,17)12-7-8-13(14)10(3)9-12/h1,7-9,11,15H,5-6H2,2-3H3. The molecule has 0 saturated heterocycles. The van der Waals surface area contributed by atoms with Crippen molar-refractivity contribution in [1.29, 1.82) is 0 Å². The second-order valence-corrected chi connectivity index (χ2v) is 6.61. The average molecular weight is 330 g/mol. The van der Waals surface area contributed by atoms with Crippen molar-refractivity contribution in [3.05, 3.63) is 28.2 Å².